The fraction of sp³-hybridized carbons (Fsp3) is 0.538. The molecule has 0 saturated heterocycles. The van der Waals surface area contributed by atoms with Crippen LogP contribution in [0.25, 0.3) is 0 Å². The van der Waals surface area contributed by atoms with E-state index in [4.69, 9.17) is 5.73 Å². The molecule has 1 aromatic carbocycles. The molecule has 1 saturated carbocycles. The average molecular weight is 204 g/mol. The average Bonchev–Trinajstić information content (AvgIpc) is 2.88. The molecule has 3 N–H and O–H groups in total. The zero-order chi connectivity index (χ0) is 10.9. The van der Waals surface area contributed by atoms with Gasteiger partial charge in [0.25, 0.3) is 0 Å². The SMILES string of the molecule is Cc1ccc(CNCC2(N)CC2)c(C)c1. The van der Waals surface area contributed by atoms with Crippen molar-refractivity contribution in [1.29, 1.82) is 0 Å². The predicted molar refractivity (Wildman–Crippen MR) is 63.8 cm³/mol. The second-order valence-electron chi connectivity index (χ2n) is 4.90. The van der Waals surface area contributed by atoms with Crippen molar-refractivity contribution >= 4 is 0 Å². The van der Waals surface area contributed by atoms with Gasteiger partial charge in [0.1, 0.15) is 0 Å². The summed E-state index contributed by atoms with van der Waals surface area (Å²) >= 11 is 0. The van der Waals surface area contributed by atoms with Crippen LogP contribution in [-0.2, 0) is 6.54 Å². The molecular formula is C13H20N2. The number of hydrogen-bond acceptors (Lipinski definition) is 2. The van der Waals surface area contributed by atoms with Gasteiger partial charge < -0.3 is 11.1 Å². The molecule has 1 aliphatic carbocycles. The van der Waals surface area contributed by atoms with Gasteiger partial charge in [0, 0.05) is 18.6 Å². The quantitative estimate of drug-likeness (QED) is 0.786. The highest BCUT2D eigenvalue weighted by molar-refractivity contribution is 5.30. The van der Waals surface area contributed by atoms with Crippen LogP contribution in [0.15, 0.2) is 18.2 Å². The zero-order valence-electron chi connectivity index (χ0n) is 9.64. The lowest BCUT2D eigenvalue weighted by Gasteiger charge is -2.12. The Balaban J connectivity index is 1.87. The van der Waals surface area contributed by atoms with Gasteiger partial charge in [-0.1, -0.05) is 23.8 Å². The summed E-state index contributed by atoms with van der Waals surface area (Å²) in [6, 6.07) is 6.60. The molecule has 15 heavy (non-hydrogen) atoms. The molecular weight excluding hydrogens is 184 g/mol. The van der Waals surface area contributed by atoms with Crippen molar-refractivity contribution in [3.8, 4) is 0 Å². The van der Waals surface area contributed by atoms with Crippen LogP contribution in [0.3, 0.4) is 0 Å². The molecule has 0 amide bonds. The van der Waals surface area contributed by atoms with Crippen molar-refractivity contribution in [3.05, 3.63) is 34.9 Å². The van der Waals surface area contributed by atoms with Crippen molar-refractivity contribution < 1.29 is 0 Å². The standard InChI is InChI=1S/C13H20N2/c1-10-3-4-12(11(2)7-10)8-15-9-13(14)5-6-13/h3-4,7,15H,5-6,8-9,14H2,1-2H3. The summed E-state index contributed by atoms with van der Waals surface area (Å²) in [6.07, 6.45) is 2.35. The minimum atomic E-state index is 0.110. The van der Waals surface area contributed by atoms with E-state index in [-0.39, 0.29) is 5.54 Å². The van der Waals surface area contributed by atoms with E-state index in [1.807, 2.05) is 0 Å². The van der Waals surface area contributed by atoms with Gasteiger partial charge in [0.15, 0.2) is 0 Å². The third-order valence-electron chi connectivity index (χ3n) is 3.18. The highest BCUT2D eigenvalue weighted by Crippen LogP contribution is 2.31. The molecule has 2 nitrogen and oxygen atoms in total. The molecule has 0 atom stereocenters. The second-order valence-corrected chi connectivity index (χ2v) is 4.90. The molecule has 0 heterocycles. The Labute approximate surface area is 91.9 Å². The van der Waals surface area contributed by atoms with Crippen LogP contribution in [0.1, 0.15) is 29.5 Å². The fourth-order valence-corrected chi connectivity index (χ4v) is 1.83. The molecule has 2 heteroatoms. The first-order valence-electron chi connectivity index (χ1n) is 5.65. The summed E-state index contributed by atoms with van der Waals surface area (Å²) in [7, 11) is 0. The van der Waals surface area contributed by atoms with Crippen molar-refractivity contribution in [2.45, 2.75) is 38.8 Å². The van der Waals surface area contributed by atoms with Gasteiger partial charge in [0.05, 0.1) is 0 Å². The van der Waals surface area contributed by atoms with E-state index in [0.717, 1.165) is 13.1 Å². The number of rotatable bonds is 4. The Hall–Kier alpha value is -0.860. The van der Waals surface area contributed by atoms with Crippen molar-refractivity contribution in [3.63, 3.8) is 0 Å². The normalized spacial score (nSPS) is 17.8. The number of aryl methyl sites for hydroxylation is 2. The molecule has 0 aliphatic heterocycles. The van der Waals surface area contributed by atoms with Crippen LogP contribution >= 0.6 is 0 Å². The summed E-state index contributed by atoms with van der Waals surface area (Å²) < 4.78 is 0. The van der Waals surface area contributed by atoms with Gasteiger partial charge >= 0.3 is 0 Å². The van der Waals surface area contributed by atoms with Crippen LogP contribution in [0.2, 0.25) is 0 Å². The van der Waals surface area contributed by atoms with E-state index >= 15 is 0 Å². The monoisotopic (exact) mass is 204 g/mol. The molecule has 2 rings (SSSR count). The first-order chi connectivity index (χ1) is 7.09. The van der Waals surface area contributed by atoms with Gasteiger partial charge in [0.2, 0.25) is 0 Å². The lowest BCUT2D eigenvalue weighted by Crippen LogP contribution is -2.35. The Morgan fingerprint density at radius 1 is 1.33 bits per heavy atom. The molecule has 0 radical (unpaired) electrons. The van der Waals surface area contributed by atoms with Crippen molar-refractivity contribution in [2.24, 2.45) is 5.73 Å². The summed E-state index contributed by atoms with van der Waals surface area (Å²) in [6.45, 7) is 6.17. The minimum absolute atomic E-state index is 0.110. The third kappa shape index (κ3) is 2.80. The second kappa shape index (κ2) is 3.95. The molecule has 1 aromatic rings. The van der Waals surface area contributed by atoms with Crippen molar-refractivity contribution in [1.82, 2.24) is 5.32 Å². The van der Waals surface area contributed by atoms with E-state index in [1.165, 1.54) is 29.5 Å². The maximum absolute atomic E-state index is 6.01. The highest BCUT2D eigenvalue weighted by Gasteiger charge is 2.37. The van der Waals surface area contributed by atoms with E-state index in [9.17, 15) is 0 Å². The molecule has 0 aromatic heterocycles. The van der Waals surface area contributed by atoms with Crippen LogP contribution in [-0.4, -0.2) is 12.1 Å². The number of nitrogens with one attached hydrogen (secondary N) is 1. The maximum Gasteiger partial charge on any atom is 0.0282 e. The van der Waals surface area contributed by atoms with E-state index < -0.39 is 0 Å². The largest absolute Gasteiger partial charge is 0.324 e. The van der Waals surface area contributed by atoms with E-state index in [1.54, 1.807) is 0 Å². The Kier molecular flexibility index (Phi) is 2.81. The predicted octanol–water partition coefficient (Wildman–Crippen LogP) is 1.88. The minimum Gasteiger partial charge on any atom is -0.324 e. The van der Waals surface area contributed by atoms with E-state index in [0.29, 0.717) is 0 Å². The van der Waals surface area contributed by atoms with Gasteiger partial charge in [-0.3, -0.25) is 0 Å². The molecule has 0 unspecified atom stereocenters. The molecule has 1 fully saturated rings. The van der Waals surface area contributed by atoms with Gasteiger partial charge in [-0.15, -0.1) is 0 Å². The molecule has 82 valence electrons. The number of nitrogens with two attached hydrogens (primary N) is 1. The van der Waals surface area contributed by atoms with Crippen LogP contribution < -0.4 is 11.1 Å². The van der Waals surface area contributed by atoms with Crippen LogP contribution in [0, 0.1) is 13.8 Å². The van der Waals surface area contributed by atoms with E-state index in [2.05, 4.69) is 37.4 Å². The number of hydrogen-bond donors (Lipinski definition) is 2. The summed E-state index contributed by atoms with van der Waals surface area (Å²) in [5, 5.41) is 3.44. The van der Waals surface area contributed by atoms with Crippen LogP contribution in [0.5, 0.6) is 0 Å². The lowest BCUT2D eigenvalue weighted by molar-refractivity contribution is 0.568. The van der Waals surface area contributed by atoms with Gasteiger partial charge in [-0.25, -0.2) is 0 Å². The topological polar surface area (TPSA) is 38.0 Å². The van der Waals surface area contributed by atoms with Crippen molar-refractivity contribution in [2.75, 3.05) is 6.54 Å². The Bertz CT molecular complexity index is 354. The molecule has 1 aliphatic rings. The highest BCUT2D eigenvalue weighted by atomic mass is 15.0. The zero-order valence-corrected chi connectivity index (χ0v) is 9.64. The Morgan fingerprint density at radius 2 is 2.07 bits per heavy atom. The van der Waals surface area contributed by atoms with Crippen LogP contribution in [0.4, 0.5) is 0 Å². The third-order valence-corrected chi connectivity index (χ3v) is 3.18. The summed E-state index contributed by atoms with van der Waals surface area (Å²) in [5.74, 6) is 0. The first-order valence-corrected chi connectivity index (χ1v) is 5.65. The number of benzene rings is 1. The maximum atomic E-state index is 6.01. The van der Waals surface area contributed by atoms with Gasteiger partial charge in [-0.05, 0) is 37.8 Å². The molecule has 0 bridgehead atoms. The Morgan fingerprint density at radius 3 is 2.67 bits per heavy atom. The summed E-state index contributed by atoms with van der Waals surface area (Å²) in [4.78, 5) is 0. The molecule has 0 spiro atoms. The lowest BCUT2D eigenvalue weighted by atomic mass is 10.1. The first kappa shape index (κ1) is 10.7. The summed E-state index contributed by atoms with van der Waals surface area (Å²) in [5.41, 5.74) is 10.2. The smallest absolute Gasteiger partial charge is 0.0282 e. The van der Waals surface area contributed by atoms with Gasteiger partial charge in [-0.2, -0.15) is 0 Å². The fourth-order valence-electron chi connectivity index (χ4n) is 1.83.